The maximum Gasteiger partial charge on any atom is 0.420 e. The molecule has 1 saturated carbocycles. The van der Waals surface area contributed by atoms with Crippen molar-refractivity contribution in [3.8, 4) is 10.6 Å². The van der Waals surface area contributed by atoms with Crippen molar-refractivity contribution < 1.29 is 23.0 Å². The molecule has 1 saturated heterocycles. The molecule has 0 amide bonds. The van der Waals surface area contributed by atoms with Gasteiger partial charge in [-0.1, -0.05) is 0 Å². The summed E-state index contributed by atoms with van der Waals surface area (Å²) in [6, 6.07) is 5.65. The van der Waals surface area contributed by atoms with Crippen molar-refractivity contribution in [3.05, 3.63) is 40.5 Å². The summed E-state index contributed by atoms with van der Waals surface area (Å²) < 4.78 is 47.4. The number of hydrogen-bond donors (Lipinski definition) is 2. The molecule has 0 aromatic carbocycles. The van der Waals surface area contributed by atoms with Gasteiger partial charge >= 0.3 is 6.18 Å². The van der Waals surface area contributed by atoms with E-state index in [0.29, 0.717) is 30.6 Å². The Labute approximate surface area is 232 Å². The molecule has 6 rings (SSSR count). The molecule has 3 aliphatic rings. The van der Waals surface area contributed by atoms with Gasteiger partial charge in [0.25, 0.3) is 0 Å². The first-order chi connectivity index (χ1) is 18.9. The summed E-state index contributed by atoms with van der Waals surface area (Å²) in [6.07, 6.45) is -1.67. The Hall–Kier alpha value is -2.45. The third kappa shape index (κ3) is 6.02. The first-order valence-corrected chi connectivity index (χ1v) is 14.8. The monoisotopic (exact) mass is 578 g/mol. The molecule has 2 fully saturated rings. The van der Waals surface area contributed by atoms with Crippen LogP contribution < -0.4 is 10.2 Å². The minimum absolute atomic E-state index is 0.111. The van der Waals surface area contributed by atoms with Crippen LogP contribution in [-0.2, 0) is 17.5 Å². The van der Waals surface area contributed by atoms with Crippen LogP contribution in [0.4, 0.5) is 30.6 Å². The van der Waals surface area contributed by atoms with E-state index in [4.69, 9.17) is 9.72 Å². The fourth-order valence-corrected chi connectivity index (χ4v) is 7.06. The van der Waals surface area contributed by atoms with Gasteiger partial charge in [-0.3, -0.25) is 4.90 Å². The van der Waals surface area contributed by atoms with Crippen LogP contribution in [0.1, 0.15) is 34.9 Å². The average Bonchev–Trinajstić information content (AvgIpc) is 3.73. The highest BCUT2D eigenvalue weighted by molar-refractivity contribution is 7.99. The van der Waals surface area contributed by atoms with Gasteiger partial charge in [0, 0.05) is 60.4 Å². The quantitative estimate of drug-likeness (QED) is 0.403. The van der Waals surface area contributed by atoms with Crippen molar-refractivity contribution in [2.24, 2.45) is 0 Å². The molecule has 1 aliphatic carbocycles. The molecule has 2 N–H and O–H groups in total. The second-order valence-electron chi connectivity index (χ2n) is 9.81. The van der Waals surface area contributed by atoms with Crippen LogP contribution in [0, 0.1) is 0 Å². The van der Waals surface area contributed by atoms with Gasteiger partial charge in [-0.15, -0.1) is 23.1 Å². The summed E-state index contributed by atoms with van der Waals surface area (Å²) in [5, 5.41) is 12.4. The molecule has 2 aliphatic heterocycles. The number of thiophene rings is 1. The van der Waals surface area contributed by atoms with E-state index in [1.807, 2.05) is 12.1 Å². The summed E-state index contributed by atoms with van der Waals surface area (Å²) in [5.41, 5.74) is 0.632. The number of fused-ring (bicyclic) bond motifs is 1. The lowest BCUT2D eigenvalue weighted by atomic mass is 10.2. The summed E-state index contributed by atoms with van der Waals surface area (Å²) in [5.74, 6) is 2.07. The number of rotatable bonds is 7. The predicted molar refractivity (Wildman–Crippen MR) is 146 cm³/mol. The zero-order chi connectivity index (χ0) is 27.0. The number of hydrogen-bond acceptors (Lipinski definition) is 10. The van der Waals surface area contributed by atoms with Gasteiger partial charge in [-0.05, 0) is 31.0 Å². The molecule has 3 aromatic rings. The van der Waals surface area contributed by atoms with Crippen LogP contribution in [0.5, 0.6) is 0 Å². The van der Waals surface area contributed by atoms with Crippen LogP contribution >= 0.6 is 23.1 Å². The minimum atomic E-state index is -4.58. The van der Waals surface area contributed by atoms with E-state index >= 15 is 0 Å². The number of alkyl halides is 3. The van der Waals surface area contributed by atoms with E-state index in [-0.39, 0.29) is 18.2 Å². The molecule has 0 radical (unpaired) electrons. The van der Waals surface area contributed by atoms with E-state index in [1.54, 1.807) is 17.8 Å². The van der Waals surface area contributed by atoms with Gasteiger partial charge in [0.05, 0.1) is 41.8 Å². The van der Waals surface area contributed by atoms with Crippen molar-refractivity contribution in [3.63, 3.8) is 0 Å². The largest absolute Gasteiger partial charge is 0.420 e. The number of piperazine rings is 1. The van der Waals surface area contributed by atoms with Crippen molar-refractivity contribution in [2.45, 2.75) is 36.4 Å². The predicted octanol–water partition coefficient (Wildman–Crippen LogP) is 4.98. The second-order valence-corrected chi connectivity index (χ2v) is 12.1. The number of nitrogens with one attached hydrogen (secondary N) is 1. The van der Waals surface area contributed by atoms with Gasteiger partial charge in [0.15, 0.2) is 0 Å². The number of aliphatic hydroxyl groups excluding tert-OH is 1. The van der Waals surface area contributed by atoms with Crippen LogP contribution in [-0.4, -0.2) is 76.6 Å². The standard InChI is InChI=1S/C26H29F3N6O2S2/c27-26(28,29)17-14-30-25(33-24(17)20-13-19-21(39-20)15-37-11-12-38-19)31-18-3-4-22(32-23(18)16-1-2-16)35-7-5-34(6-8-35)9-10-36/h3-4,13-14,16,36H,1-2,5-12,15H2,(H,30,31,33). The first-order valence-electron chi connectivity index (χ1n) is 13.0. The van der Waals surface area contributed by atoms with Crippen molar-refractivity contribution in [1.29, 1.82) is 0 Å². The number of aliphatic hydroxyl groups is 1. The Bertz CT molecular complexity index is 1300. The van der Waals surface area contributed by atoms with Gasteiger partial charge in [0.2, 0.25) is 5.95 Å². The highest BCUT2D eigenvalue weighted by Gasteiger charge is 2.36. The Morgan fingerprint density at radius 3 is 2.69 bits per heavy atom. The summed E-state index contributed by atoms with van der Waals surface area (Å²) >= 11 is 2.88. The third-order valence-electron chi connectivity index (χ3n) is 7.05. The zero-order valence-corrected chi connectivity index (χ0v) is 22.8. The molecule has 39 heavy (non-hydrogen) atoms. The van der Waals surface area contributed by atoms with E-state index in [9.17, 15) is 18.3 Å². The molecule has 0 bridgehead atoms. The smallest absolute Gasteiger partial charge is 0.395 e. The lowest BCUT2D eigenvalue weighted by molar-refractivity contribution is -0.137. The Balaban J connectivity index is 1.28. The Morgan fingerprint density at radius 1 is 1.13 bits per heavy atom. The van der Waals surface area contributed by atoms with Crippen molar-refractivity contribution in [2.75, 3.05) is 61.9 Å². The Kier molecular flexibility index (Phi) is 7.68. The molecule has 0 spiro atoms. The van der Waals surface area contributed by atoms with Crippen molar-refractivity contribution >= 4 is 40.6 Å². The highest BCUT2D eigenvalue weighted by atomic mass is 32.2. The van der Waals surface area contributed by atoms with Crippen LogP contribution in [0.3, 0.4) is 0 Å². The van der Waals surface area contributed by atoms with Crippen LogP contribution in [0.25, 0.3) is 10.6 Å². The Morgan fingerprint density at radius 2 is 1.95 bits per heavy atom. The van der Waals surface area contributed by atoms with Crippen molar-refractivity contribution in [1.82, 2.24) is 19.9 Å². The SMILES string of the molecule is OCCN1CCN(c2ccc(Nc3ncc(C(F)(F)F)c(-c4cc5c(s4)COCCS5)n3)c(C3CC3)n2)CC1. The summed E-state index contributed by atoms with van der Waals surface area (Å²) in [4.78, 5) is 20.2. The number of anilines is 3. The van der Waals surface area contributed by atoms with Gasteiger partial charge in [-0.2, -0.15) is 13.2 Å². The van der Waals surface area contributed by atoms with E-state index in [2.05, 4.69) is 25.1 Å². The molecule has 5 heterocycles. The first kappa shape index (κ1) is 26.8. The molecule has 3 aromatic heterocycles. The minimum Gasteiger partial charge on any atom is -0.395 e. The normalized spacial score (nSPS) is 18.6. The molecule has 208 valence electrons. The summed E-state index contributed by atoms with van der Waals surface area (Å²) in [6.45, 7) is 5.21. The lowest BCUT2D eigenvalue weighted by Crippen LogP contribution is -2.47. The second kappa shape index (κ2) is 11.2. The number of aromatic nitrogens is 3. The van der Waals surface area contributed by atoms with Gasteiger partial charge in [-0.25, -0.2) is 15.0 Å². The van der Waals surface area contributed by atoms with Gasteiger partial charge in [0.1, 0.15) is 11.4 Å². The van der Waals surface area contributed by atoms with E-state index in [1.165, 1.54) is 11.3 Å². The number of nitrogens with zero attached hydrogens (tertiary/aromatic N) is 5. The number of ether oxygens (including phenoxy) is 1. The number of thioether (sulfide) groups is 1. The molecular weight excluding hydrogens is 549 g/mol. The topological polar surface area (TPSA) is 86.6 Å². The fraction of sp³-hybridized carbons (Fsp3) is 0.500. The average molecular weight is 579 g/mol. The lowest BCUT2D eigenvalue weighted by Gasteiger charge is -2.35. The number of pyridine rings is 1. The number of halogens is 3. The maximum atomic E-state index is 14.0. The van der Waals surface area contributed by atoms with E-state index in [0.717, 1.165) is 77.9 Å². The van der Waals surface area contributed by atoms with Crippen LogP contribution in [0.15, 0.2) is 29.3 Å². The van der Waals surface area contributed by atoms with E-state index < -0.39 is 11.7 Å². The zero-order valence-electron chi connectivity index (χ0n) is 21.2. The fourth-order valence-electron chi connectivity index (χ4n) is 4.84. The van der Waals surface area contributed by atoms with Gasteiger partial charge < -0.3 is 20.1 Å². The molecular formula is C26H29F3N6O2S2. The highest BCUT2D eigenvalue weighted by Crippen LogP contribution is 2.45. The maximum absolute atomic E-state index is 14.0. The molecule has 13 heteroatoms. The number of β-amino-alcohol motifs (C(OH)–C–C–N with tert-alkyl or cyclic N) is 1. The molecule has 8 nitrogen and oxygen atoms in total. The molecule has 0 unspecified atom stereocenters. The third-order valence-corrected chi connectivity index (χ3v) is 9.34. The van der Waals surface area contributed by atoms with Crippen LogP contribution in [0.2, 0.25) is 0 Å². The summed E-state index contributed by atoms with van der Waals surface area (Å²) in [7, 11) is 0. The molecule has 0 atom stereocenters.